The highest BCUT2D eigenvalue weighted by Gasteiger charge is 2.44. The molecule has 2 N–H and O–H groups in total. The second kappa shape index (κ2) is 8.60. The van der Waals surface area contributed by atoms with Crippen LogP contribution in [0.4, 0.5) is 0 Å². The Balaban J connectivity index is 1.50. The van der Waals surface area contributed by atoms with E-state index in [1.54, 1.807) is 12.4 Å². The van der Waals surface area contributed by atoms with Gasteiger partial charge in [-0.1, -0.05) is 36.4 Å². The first-order chi connectivity index (χ1) is 16.0. The first kappa shape index (κ1) is 21.0. The van der Waals surface area contributed by atoms with Crippen LogP contribution in [0.25, 0.3) is 5.70 Å². The van der Waals surface area contributed by atoms with Crippen LogP contribution in [0.15, 0.2) is 107 Å². The molecule has 164 valence electrons. The molecule has 5 rings (SSSR count). The van der Waals surface area contributed by atoms with Crippen molar-refractivity contribution >= 4 is 17.7 Å². The van der Waals surface area contributed by atoms with Gasteiger partial charge in [-0.05, 0) is 62.1 Å². The summed E-state index contributed by atoms with van der Waals surface area (Å²) in [7, 11) is 4.12. The van der Waals surface area contributed by atoms with Gasteiger partial charge in [0, 0.05) is 12.1 Å². The van der Waals surface area contributed by atoms with E-state index >= 15 is 0 Å². The number of quaternary nitrogens is 1. The Hall–Kier alpha value is -3.84. The van der Waals surface area contributed by atoms with E-state index < -0.39 is 0 Å². The Morgan fingerprint density at radius 1 is 0.879 bits per heavy atom. The molecule has 0 saturated carbocycles. The number of ether oxygens (including phenoxy) is 1. The van der Waals surface area contributed by atoms with Gasteiger partial charge in [0.05, 0.1) is 18.0 Å². The molecular weight excluding hydrogens is 410 g/mol. The minimum Gasteiger partial charge on any atom is -0.457 e. The molecule has 0 radical (unpaired) electrons. The van der Waals surface area contributed by atoms with Crippen molar-refractivity contribution in [3.8, 4) is 11.5 Å². The fourth-order valence-electron chi connectivity index (χ4n) is 4.07. The van der Waals surface area contributed by atoms with Crippen LogP contribution in [0.3, 0.4) is 0 Å². The minimum atomic E-state index is -0.0182. The Labute approximate surface area is 193 Å². The van der Waals surface area contributed by atoms with E-state index in [1.807, 2.05) is 60.8 Å². The lowest BCUT2D eigenvalue weighted by Gasteiger charge is -2.26. The predicted octanol–water partition coefficient (Wildman–Crippen LogP) is 4.92. The second-order valence-electron chi connectivity index (χ2n) is 8.40. The smallest absolute Gasteiger partial charge is 0.265 e. The van der Waals surface area contributed by atoms with E-state index in [2.05, 4.69) is 48.3 Å². The van der Waals surface area contributed by atoms with Gasteiger partial charge in [0.25, 0.3) is 5.84 Å². The fraction of sp³-hybridized carbons (Fsp3) is 0.111. The number of amidine groups is 1. The van der Waals surface area contributed by atoms with Crippen LogP contribution in [0.1, 0.15) is 16.7 Å². The number of para-hydroxylation sites is 1. The van der Waals surface area contributed by atoms with Gasteiger partial charge in [-0.15, -0.1) is 4.59 Å². The van der Waals surface area contributed by atoms with Gasteiger partial charge in [0.15, 0.2) is 0 Å². The van der Waals surface area contributed by atoms with Crippen molar-refractivity contribution in [1.29, 1.82) is 0 Å². The van der Waals surface area contributed by atoms with Gasteiger partial charge in [-0.3, -0.25) is 4.99 Å². The van der Waals surface area contributed by atoms with Gasteiger partial charge in [0.1, 0.15) is 23.4 Å². The Kier molecular flexibility index (Phi) is 5.48. The summed E-state index contributed by atoms with van der Waals surface area (Å²) in [5.41, 5.74) is 4.85. The van der Waals surface area contributed by atoms with Crippen molar-refractivity contribution < 1.29 is 9.33 Å². The van der Waals surface area contributed by atoms with Crippen LogP contribution in [-0.4, -0.2) is 35.6 Å². The van der Waals surface area contributed by atoms with Crippen LogP contribution in [0.5, 0.6) is 11.5 Å². The summed E-state index contributed by atoms with van der Waals surface area (Å²) in [5.74, 6) is 9.18. The lowest BCUT2D eigenvalue weighted by molar-refractivity contribution is -0.749. The normalized spacial score (nSPS) is 19.1. The standard InChI is InChI=1S/C27H26N5O/c1-31(2)19-20-7-6-8-22(17-20)26-25-18-29-15-16-32(25,28)27(30-26)21-11-13-24(14-12-21)33-23-9-4-3-5-10-23/h3-18H,19,28H2,1-2H3/q+1. The molecule has 0 bridgehead atoms. The minimum absolute atomic E-state index is 0.0182. The van der Waals surface area contributed by atoms with E-state index in [0.29, 0.717) is 0 Å². The first-order valence-corrected chi connectivity index (χ1v) is 10.8. The quantitative estimate of drug-likeness (QED) is 0.441. The second-order valence-corrected chi connectivity index (χ2v) is 8.40. The summed E-state index contributed by atoms with van der Waals surface area (Å²) >= 11 is 0. The van der Waals surface area contributed by atoms with Gasteiger partial charge in [0.2, 0.25) is 5.70 Å². The third-order valence-corrected chi connectivity index (χ3v) is 5.58. The largest absolute Gasteiger partial charge is 0.457 e. The topological polar surface area (TPSA) is 63.2 Å². The molecule has 0 spiro atoms. The molecule has 3 aromatic carbocycles. The SMILES string of the molecule is CN(C)Cc1cccc(C2=C3C=NC=C[N+]3(N)C(c3ccc(Oc4ccccc4)cc3)=N2)c1. The van der Waals surface area contributed by atoms with Crippen molar-refractivity contribution in [1.82, 2.24) is 4.90 Å². The summed E-state index contributed by atoms with van der Waals surface area (Å²) in [5, 5.41) is 0. The highest BCUT2D eigenvalue weighted by atomic mass is 16.5. The maximum atomic E-state index is 6.88. The van der Waals surface area contributed by atoms with E-state index in [0.717, 1.165) is 46.4 Å². The van der Waals surface area contributed by atoms with Crippen LogP contribution in [0, 0.1) is 0 Å². The van der Waals surface area contributed by atoms with E-state index in [4.69, 9.17) is 15.6 Å². The molecule has 0 aliphatic carbocycles. The molecule has 0 amide bonds. The number of nitrogens with zero attached hydrogens (tertiary/aromatic N) is 4. The monoisotopic (exact) mass is 436 g/mol. The first-order valence-electron chi connectivity index (χ1n) is 10.8. The Bertz CT molecular complexity index is 1290. The lowest BCUT2D eigenvalue weighted by Crippen LogP contribution is -2.53. The number of allylic oxidation sites excluding steroid dienone is 1. The van der Waals surface area contributed by atoms with Gasteiger partial charge in [-0.25, -0.2) is 0 Å². The maximum absolute atomic E-state index is 6.88. The summed E-state index contributed by atoms with van der Waals surface area (Å²) < 4.78 is 5.92. The molecule has 0 aromatic heterocycles. The average Bonchev–Trinajstić information content (AvgIpc) is 3.13. The number of hydrogen-bond acceptors (Lipinski definition) is 5. The van der Waals surface area contributed by atoms with E-state index in [1.165, 1.54) is 5.56 Å². The van der Waals surface area contributed by atoms with Crippen molar-refractivity contribution in [3.05, 3.63) is 114 Å². The van der Waals surface area contributed by atoms with Crippen molar-refractivity contribution in [2.24, 2.45) is 15.8 Å². The molecule has 0 saturated heterocycles. The lowest BCUT2D eigenvalue weighted by atomic mass is 10.1. The molecule has 33 heavy (non-hydrogen) atoms. The van der Waals surface area contributed by atoms with Crippen LogP contribution in [-0.2, 0) is 6.54 Å². The zero-order valence-corrected chi connectivity index (χ0v) is 18.7. The van der Waals surface area contributed by atoms with Crippen LogP contribution in [0.2, 0.25) is 0 Å². The van der Waals surface area contributed by atoms with E-state index in [-0.39, 0.29) is 4.59 Å². The summed E-state index contributed by atoms with van der Waals surface area (Å²) in [4.78, 5) is 11.5. The summed E-state index contributed by atoms with van der Waals surface area (Å²) in [6.45, 7) is 0.854. The number of rotatable bonds is 6. The van der Waals surface area contributed by atoms with Gasteiger partial charge >= 0.3 is 0 Å². The molecule has 2 heterocycles. The zero-order valence-electron chi connectivity index (χ0n) is 18.7. The highest BCUT2D eigenvalue weighted by molar-refractivity contribution is 6.06. The molecule has 1 atom stereocenters. The van der Waals surface area contributed by atoms with Gasteiger partial charge in [-0.2, -0.15) is 10.8 Å². The third-order valence-electron chi connectivity index (χ3n) is 5.58. The van der Waals surface area contributed by atoms with Gasteiger partial charge < -0.3 is 9.64 Å². The number of benzene rings is 3. The van der Waals surface area contributed by atoms with Crippen molar-refractivity contribution in [2.75, 3.05) is 14.1 Å². The molecule has 6 nitrogen and oxygen atoms in total. The summed E-state index contributed by atoms with van der Waals surface area (Å²) in [6.07, 6.45) is 5.38. The molecule has 2 aliphatic heterocycles. The number of nitrogens with two attached hydrogens (primary N) is 1. The van der Waals surface area contributed by atoms with Crippen LogP contribution >= 0.6 is 0 Å². The Morgan fingerprint density at radius 2 is 1.64 bits per heavy atom. The Morgan fingerprint density at radius 3 is 2.39 bits per heavy atom. The van der Waals surface area contributed by atoms with Crippen molar-refractivity contribution in [3.63, 3.8) is 0 Å². The summed E-state index contributed by atoms with van der Waals surface area (Å²) in [6, 6.07) is 26.0. The predicted molar refractivity (Wildman–Crippen MR) is 132 cm³/mol. The van der Waals surface area contributed by atoms with Crippen molar-refractivity contribution in [2.45, 2.75) is 6.54 Å². The number of aliphatic imine (C=N–C) groups is 2. The maximum Gasteiger partial charge on any atom is 0.265 e. The molecule has 6 heteroatoms. The average molecular weight is 437 g/mol. The number of hydrogen-bond donors (Lipinski definition) is 1. The van der Waals surface area contributed by atoms with Crippen LogP contribution < -0.4 is 10.6 Å². The molecule has 3 aromatic rings. The highest BCUT2D eigenvalue weighted by Crippen LogP contribution is 2.36. The molecule has 2 aliphatic rings. The van der Waals surface area contributed by atoms with E-state index in [9.17, 15) is 0 Å². The number of fused-ring (bicyclic) bond motifs is 1. The third kappa shape index (κ3) is 4.15. The fourth-order valence-corrected chi connectivity index (χ4v) is 4.07. The zero-order chi connectivity index (χ0) is 22.8. The molecular formula is C27H26N5O+. The molecule has 0 fully saturated rings. The molecule has 1 unspecified atom stereocenters.